The molecule has 1 amide bonds. The smallest absolute Gasteiger partial charge is 0.251 e. The number of carbonyl (C=O) groups is 1. The first-order valence-corrected chi connectivity index (χ1v) is 10.4. The van der Waals surface area contributed by atoms with Crippen LogP contribution in [0.1, 0.15) is 34.3 Å². The Morgan fingerprint density at radius 1 is 1.13 bits per heavy atom. The number of nitrogens with zero attached hydrogens (tertiary/aromatic N) is 2. The predicted molar refractivity (Wildman–Crippen MR) is 119 cm³/mol. The highest BCUT2D eigenvalue weighted by Gasteiger charge is 2.24. The van der Waals surface area contributed by atoms with Crippen LogP contribution in [0.2, 0.25) is 0 Å². The van der Waals surface area contributed by atoms with E-state index in [1.165, 1.54) is 0 Å². The molecule has 1 aliphatic heterocycles. The maximum absolute atomic E-state index is 12.7. The van der Waals surface area contributed by atoms with Crippen LogP contribution in [-0.4, -0.2) is 42.3 Å². The highest BCUT2D eigenvalue weighted by Crippen LogP contribution is 2.26. The highest BCUT2D eigenvalue weighted by atomic mass is 16.5. The van der Waals surface area contributed by atoms with E-state index >= 15 is 0 Å². The Morgan fingerprint density at radius 2 is 1.87 bits per heavy atom. The number of carbonyl (C=O) groups excluding carboxylic acids is 1. The molecule has 156 valence electrons. The van der Waals surface area contributed by atoms with Gasteiger partial charge in [0, 0.05) is 30.8 Å². The molecule has 2 N–H and O–H groups in total. The molecule has 0 saturated carbocycles. The zero-order chi connectivity index (χ0) is 21.1. The molecule has 0 bridgehead atoms. The van der Waals surface area contributed by atoms with Gasteiger partial charge in [-0.05, 0) is 68.7 Å². The number of piperidine rings is 1. The molecule has 0 radical (unpaired) electrons. The number of hydrogen-bond donors (Lipinski definition) is 2. The summed E-state index contributed by atoms with van der Waals surface area (Å²) in [6.07, 6.45) is 1.99. The lowest BCUT2D eigenvalue weighted by atomic mass is 10.0. The lowest BCUT2D eigenvalue weighted by Crippen LogP contribution is -2.48. The number of amides is 1. The number of aromatic amines is 1. The van der Waals surface area contributed by atoms with Crippen LogP contribution in [0.4, 0.5) is 5.82 Å². The fraction of sp³-hybridized carbons (Fsp3) is 0.333. The van der Waals surface area contributed by atoms with Crippen molar-refractivity contribution in [2.75, 3.05) is 25.1 Å². The quantitative estimate of drug-likeness (QED) is 0.672. The number of anilines is 1. The van der Waals surface area contributed by atoms with Gasteiger partial charge in [-0.3, -0.25) is 9.89 Å². The SMILES string of the molecule is COc1ccc(-c2cc(N3CCC[C@@H](NC(=O)c4cc(C)cc(C)c4)C3)n[nH]2)cc1. The third-order valence-electron chi connectivity index (χ3n) is 5.53. The molecule has 6 nitrogen and oxygen atoms in total. The molecular weight excluding hydrogens is 376 g/mol. The Bertz CT molecular complexity index is 1010. The molecule has 0 aliphatic carbocycles. The van der Waals surface area contributed by atoms with Crippen LogP contribution >= 0.6 is 0 Å². The predicted octanol–water partition coefficient (Wildman–Crippen LogP) is 4.10. The van der Waals surface area contributed by atoms with Gasteiger partial charge in [-0.25, -0.2) is 0 Å². The molecule has 30 heavy (non-hydrogen) atoms. The monoisotopic (exact) mass is 404 g/mol. The lowest BCUT2D eigenvalue weighted by molar-refractivity contribution is 0.0933. The second-order valence-electron chi connectivity index (χ2n) is 8.00. The molecule has 2 heterocycles. The zero-order valence-corrected chi connectivity index (χ0v) is 17.7. The third-order valence-corrected chi connectivity index (χ3v) is 5.53. The third kappa shape index (κ3) is 4.48. The van der Waals surface area contributed by atoms with E-state index in [1.54, 1.807) is 7.11 Å². The van der Waals surface area contributed by atoms with Gasteiger partial charge in [0.25, 0.3) is 5.91 Å². The summed E-state index contributed by atoms with van der Waals surface area (Å²) in [6, 6.07) is 16.0. The maximum atomic E-state index is 12.7. The van der Waals surface area contributed by atoms with Gasteiger partial charge in [-0.15, -0.1) is 0 Å². The molecular formula is C24H28N4O2. The first kappa shape index (κ1) is 20.0. The summed E-state index contributed by atoms with van der Waals surface area (Å²) in [5.74, 6) is 1.73. The number of aromatic nitrogens is 2. The minimum absolute atomic E-state index is 0.00500. The first-order valence-electron chi connectivity index (χ1n) is 10.4. The summed E-state index contributed by atoms with van der Waals surface area (Å²) >= 11 is 0. The van der Waals surface area contributed by atoms with E-state index < -0.39 is 0 Å². The highest BCUT2D eigenvalue weighted by molar-refractivity contribution is 5.94. The summed E-state index contributed by atoms with van der Waals surface area (Å²) in [5.41, 5.74) is 4.97. The first-order chi connectivity index (χ1) is 14.5. The number of nitrogens with one attached hydrogen (secondary N) is 2. The van der Waals surface area contributed by atoms with E-state index in [-0.39, 0.29) is 11.9 Å². The number of hydrogen-bond acceptors (Lipinski definition) is 4. The molecule has 1 aromatic heterocycles. The Kier molecular flexibility index (Phi) is 5.74. The van der Waals surface area contributed by atoms with Gasteiger partial charge in [0.15, 0.2) is 5.82 Å². The van der Waals surface area contributed by atoms with Crippen molar-refractivity contribution in [2.45, 2.75) is 32.7 Å². The average molecular weight is 405 g/mol. The average Bonchev–Trinajstić information content (AvgIpc) is 3.24. The van der Waals surface area contributed by atoms with Gasteiger partial charge < -0.3 is 15.0 Å². The normalized spacial score (nSPS) is 16.4. The second-order valence-corrected chi connectivity index (χ2v) is 8.00. The molecule has 6 heteroatoms. The van der Waals surface area contributed by atoms with Gasteiger partial charge in [0.2, 0.25) is 0 Å². The summed E-state index contributed by atoms with van der Waals surface area (Å²) in [4.78, 5) is 15.0. The molecule has 1 saturated heterocycles. The van der Waals surface area contributed by atoms with Crippen molar-refractivity contribution in [3.8, 4) is 17.0 Å². The van der Waals surface area contributed by atoms with Gasteiger partial charge in [0.05, 0.1) is 12.8 Å². The van der Waals surface area contributed by atoms with Crippen molar-refractivity contribution in [1.82, 2.24) is 15.5 Å². The molecule has 3 aromatic rings. The van der Waals surface area contributed by atoms with Crippen molar-refractivity contribution in [2.24, 2.45) is 0 Å². The van der Waals surface area contributed by atoms with Crippen LogP contribution in [-0.2, 0) is 0 Å². The standard InChI is InChI=1S/C24H28N4O2/c1-16-11-17(2)13-19(12-16)24(29)25-20-5-4-10-28(15-20)23-14-22(26-27-23)18-6-8-21(30-3)9-7-18/h6-9,11-14,20H,4-5,10,15H2,1-3H3,(H,25,29)(H,26,27)/t20-/m1/s1. The second kappa shape index (κ2) is 8.61. The molecule has 0 spiro atoms. The van der Waals surface area contributed by atoms with E-state index in [1.807, 2.05) is 50.2 Å². The molecule has 0 unspecified atom stereocenters. The lowest BCUT2D eigenvalue weighted by Gasteiger charge is -2.33. The number of rotatable bonds is 5. The van der Waals surface area contributed by atoms with Gasteiger partial charge >= 0.3 is 0 Å². The van der Waals surface area contributed by atoms with Gasteiger partial charge in [-0.1, -0.05) is 17.2 Å². The van der Waals surface area contributed by atoms with Crippen molar-refractivity contribution >= 4 is 11.7 Å². The van der Waals surface area contributed by atoms with E-state index in [0.29, 0.717) is 0 Å². The van der Waals surface area contributed by atoms with Crippen LogP contribution in [0.15, 0.2) is 48.5 Å². The van der Waals surface area contributed by atoms with Crippen LogP contribution in [0.3, 0.4) is 0 Å². The minimum Gasteiger partial charge on any atom is -0.497 e. The molecule has 2 aromatic carbocycles. The van der Waals surface area contributed by atoms with E-state index in [4.69, 9.17) is 4.74 Å². The van der Waals surface area contributed by atoms with E-state index in [0.717, 1.165) is 65.4 Å². The van der Waals surface area contributed by atoms with Crippen LogP contribution in [0.5, 0.6) is 5.75 Å². The summed E-state index contributed by atoms with van der Waals surface area (Å²) in [6.45, 7) is 5.72. The Labute approximate surface area is 177 Å². The zero-order valence-electron chi connectivity index (χ0n) is 17.7. The van der Waals surface area contributed by atoms with Crippen molar-refractivity contribution in [3.05, 3.63) is 65.2 Å². The molecule has 1 atom stereocenters. The number of benzene rings is 2. The van der Waals surface area contributed by atoms with E-state index in [9.17, 15) is 4.79 Å². The summed E-state index contributed by atoms with van der Waals surface area (Å²) in [5, 5.41) is 10.8. The Balaban J connectivity index is 1.42. The number of ether oxygens (including phenoxy) is 1. The van der Waals surface area contributed by atoms with Crippen molar-refractivity contribution in [1.29, 1.82) is 0 Å². The molecule has 1 aliphatic rings. The Morgan fingerprint density at radius 3 is 2.57 bits per heavy atom. The summed E-state index contributed by atoms with van der Waals surface area (Å²) < 4.78 is 5.23. The fourth-order valence-electron chi connectivity index (χ4n) is 4.07. The molecule has 1 fully saturated rings. The number of H-pyrrole nitrogens is 1. The van der Waals surface area contributed by atoms with Crippen LogP contribution in [0, 0.1) is 13.8 Å². The van der Waals surface area contributed by atoms with Crippen LogP contribution in [0.25, 0.3) is 11.3 Å². The molecule has 4 rings (SSSR count). The Hall–Kier alpha value is -3.28. The van der Waals surface area contributed by atoms with Crippen molar-refractivity contribution < 1.29 is 9.53 Å². The van der Waals surface area contributed by atoms with Crippen LogP contribution < -0.4 is 15.0 Å². The van der Waals surface area contributed by atoms with Gasteiger partial charge in [0.1, 0.15) is 5.75 Å². The number of methoxy groups -OCH3 is 1. The van der Waals surface area contributed by atoms with Crippen molar-refractivity contribution in [3.63, 3.8) is 0 Å². The topological polar surface area (TPSA) is 70.2 Å². The fourth-order valence-corrected chi connectivity index (χ4v) is 4.07. The number of aryl methyl sites for hydroxylation is 2. The summed E-state index contributed by atoms with van der Waals surface area (Å²) in [7, 11) is 1.66. The van der Waals surface area contributed by atoms with Gasteiger partial charge in [-0.2, -0.15) is 5.10 Å². The largest absolute Gasteiger partial charge is 0.497 e. The minimum atomic E-state index is -0.00500. The maximum Gasteiger partial charge on any atom is 0.251 e. The van der Waals surface area contributed by atoms with E-state index in [2.05, 4.69) is 32.5 Å².